The molecule has 0 radical (unpaired) electrons. The van der Waals surface area contributed by atoms with Gasteiger partial charge in [-0.3, -0.25) is 5.21 Å². The molecule has 0 atom stereocenters. The Balaban J connectivity index is 2.16. The van der Waals surface area contributed by atoms with Gasteiger partial charge in [0.25, 0.3) is 0 Å². The smallest absolute Gasteiger partial charge is 0.433 e. The maximum Gasteiger partial charge on any atom is 0.433 e. The van der Waals surface area contributed by atoms with Gasteiger partial charge < -0.3 is 5.11 Å². The summed E-state index contributed by atoms with van der Waals surface area (Å²) >= 11 is 0. The van der Waals surface area contributed by atoms with Crippen LogP contribution in [0.15, 0.2) is 52.1 Å². The Hall–Kier alpha value is -2.99. The van der Waals surface area contributed by atoms with Crippen LogP contribution < -0.4 is 10.4 Å². The van der Waals surface area contributed by atoms with E-state index in [0.29, 0.717) is 5.70 Å². The molecule has 0 unspecified atom stereocenters. The molecular formula is C16H13N3O3. The molecular weight excluding hydrogens is 282 g/mol. The van der Waals surface area contributed by atoms with E-state index in [0.717, 1.165) is 26.6 Å². The van der Waals surface area contributed by atoms with Gasteiger partial charge in [-0.2, -0.15) is 4.99 Å². The first-order valence-electron chi connectivity index (χ1n) is 6.60. The maximum absolute atomic E-state index is 10.6. The van der Waals surface area contributed by atoms with Crippen LogP contribution in [-0.4, -0.2) is 33.5 Å². The molecule has 0 bridgehead atoms. The molecule has 2 aliphatic rings. The zero-order chi connectivity index (χ0) is 15.7. The van der Waals surface area contributed by atoms with Gasteiger partial charge in [-0.05, 0) is 35.9 Å². The van der Waals surface area contributed by atoms with Crippen molar-refractivity contribution in [2.24, 2.45) is 9.98 Å². The van der Waals surface area contributed by atoms with Gasteiger partial charge in [0.1, 0.15) is 0 Å². The Bertz CT molecular complexity index is 892. The molecule has 0 fully saturated rings. The number of fused-ring (bicyclic) bond motifs is 1. The Morgan fingerprint density at radius 1 is 1.36 bits per heavy atom. The van der Waals surface area contributed by atoms with Crippen LogP contribution in [0.4, 0.5) is 4.79 Å². The summed E-state index contributed by atoms with van der Waals surface area (Å²) in [6, 6.07) is 5.60. The molecule has 1 aromatic rings. The van der Waals surface area contributed by atoms with E-state index >= 15 is 0 Å². The Morgan fingerprint density at radius 2 is 2.18 bits per heavy atom. The minimum Gasteiger partial charge on any atom is -0.463 e. The number of amides is 1. The van der Waals surface area contributed by atoms with Gasteiger partial charge >= 0.3 is 6.09 Å². The molecule has 0 saturated carbocycles. The quantitative estimate of drug-likeness (QED) is 0.754. The van der Waals surface area contributed by atoms with Crippen molar-refractivity contribution in [1.29, 1.82) is 0 Å². The van der Waals surface area contributed by atoms with Gasteiger partial charge in [0, 0.05) is 23.2 Å². The number of hydrogen-bond donors (Lipinski definition) is 2. The van der Waals surface area contributed by atoms with E-state index in [4.69, 9.17) is 5.11 Å². The van der Waals surface area contributed by atoms with E-state index < -0.39 is 6.09 Å². The average molecular weight is 295 g/mol. The van der Waals surface area contributed by atoms with Crippen LogP contribution in [-0.2, 0) is 0 Å². The Kier molecular flexibility index (Phi) is 3.44. The molecule has 2 aliphatic heterocycles. The first-order valence-corrected chi connectivity index (χ1v) is 6.60. The highest BCUT2D eigenvalue weighted by Crippen LogP contribution is 2.17. The number of aliphatic imine (C=N–C) groups is 2. The lowest BCUT2D eigenvalue weighted by Gasteiger charge is -2.20. The van der Waals surface area contributed by atoms with Crippen molar-refractivity contribution < 1.29 is 15.1 Å². The summed E-state index contributed by atoms with van der Waals surface area (Å²) in [5, 5.41) is 21.4. The van der Waals surface area contributed by atoms with Crippen molar-refractivity contribution in [3.05, 3.63) is 58.1 Å². The second-order valence-electron chi connectivity index (χ2n) is 4.88. The van der Waals surface area contributed by atoms with Crippen molar-refractivity contribution in [1.82, 2.24) is 5.06 Å². The van der Waals surface area contributed by atoms with E-state index in [1.807, 2.05) is 31.2 Å². The standard InChI is InChI=1S/C16H13N3O3/c1-10-3-2-6-19(22)15(10)12-5-4-11-8-14(18-16(20)21)17-9-13(11)7-12/h2-9,22H,1H3,(H,20,21). The third-order valence-corrected chi connectivity index (χ3v) is 3.37. The normalized spacial score (nSPS) is 20.5. The Labute approximate surface area is 126 Å². The minimum atomic E-state index is -1.27. The highest BCUT2D eigenvalue weighted by atomic mass is 16.5. The molecule has 0 spiro atoms. The lowest BCUT2D eigenvalue weighted by molar-refractivity contribution is 0.0230. The third-order valence-electron chi connectivity index (χ3n) is 3.37. The fourth-order valence-electron chi connectivity index (χ4n) is 2.40. The molecule has 2 heterocycles. The second-order valence-corrected chi connectivity index (χ2v) is 4.88. The highest BCUT2D eigenvalue weighted by Gasteiger charge is 2.11. The minimum absolute atomic E-state index is 0.154. The predicted octanol–water partition coefficient (Wildman–Crippen LogP) is 1.25. The second kappa shape index (κ2) is 5.42. The maximum atomic E-state index is 10.6. The summed E-state index contributed by atoms with van der Waals surface area (Å²) < 4.78 is 0. The van der Waals surface area contributed by atoms with Gasteiger partial charge in [-0.25, -0.2) is 14.9 Å². The van der Waals surface area contributed by atoms with Crippen LogP contribution in [0.25, 0.3) is 11.8 Å². The number of rotatable bonds is 0. The molecule has 1 aromatic carbocycles. The van der Waals surface area contributed by atoms with Crippen LogP contribution in [0.2, 0.25) is 0 Å². The fourth-order valence-corrected chi connectivity index (χ4v) is 2.40. The van der Waals surface area contributed by atoms with Gasteiger partial charge in [-0.1, -0.05) is 18.2 Å². The van der Waals surface area contributed by atoms with E-state index in [-0.39, 0.29) is 5.84 Å². The summed E-state index contributed by atoms with van der Waals surface area (Å²) in [5.41, 5.74) is 2.48. The van der Waals surface area contributed by atoms with E-state index in [1.54, 1.807) is 24.6 Å². The van der Waals surface area contributed by atoms with Crippen LogP contribution in [0.3, 0.4) is 0 Å². The number of amidine groups is 1. The summed E-state index contributed by atoms with van der Waals surface area (Å²) in [6.07, 6.45) is 7.16. The van der Waals surface area contributed by atoms with Gasteiger partial charge in [0.2, 0.25) is 0 Å². The molecule has 0 saturated heterocycles. The zero-order valence-corrected chi connectivity index (χ0v) is 11.8. The number of carbonyl (C=O) groups is 1. The lowest BCUT2D eigenvalue weighted by atomic mass is 10.0. The SMILES string of the molecule is CC1=CC=CN(O)C1=c1ccc2c(c1)C=NC(=NC(=O)O)C=2. The Morgan fingerprint density at radius 3 is 2.91 bits per heavy atom. The van der Waals surface area contributed by atoms with Crippen molar-refractivity contribution in [3.8, 4) is 0 Å². The molecule has 3 rings (SSSR count). The number of carboxylic acid groups (broad SMARTS) is 1. The first-order chi connectivity index (χ1) is 10.5. The lowest BCUT2D eigenvalue weighted by Crippen LogP contribution is -2.25. The molecule has 2 N–H and O–H groups in total. The van der Waals surface area contributed by atoms with Gasteiger partial charge in [0.15, 0.2) is 5.84 Å². The van der Waals surface area contributed by atoms with E-state index in [9.17, 15) is 10.0 Å². The predicted molar refractivity (Wildman–Crippen MR) is 83.1 cm³/mol. The summed E-state index contributed by atoms with van der Waals surface area (Å²) in [6.45, 7) is 1.92. The highest BCUT2D eigenvalue weighted by molar-refractivity contribution is 6.18. The average Bonchev–Trinajstić information content (AvgIpc) is 2.46. The third kappa shape index (κ3) is 2.59. The number of nitrogens with zero attached hydrogens (tertiary/aromatic N) is 3. The van der Waals surface area contributed by atoms with Crippen molar-refractivity contribution in [2.75, 3.05) is 0 Å². The number of benzene rings is 1. The molecule has 0 aromatic heterocycles. The molecule has 110 valence electrons. The largest absolute Gasteiger partial charge is 0.463 e. The monoisotopic (exact) mass is 295 g/mol. The summed E-state index contributed by atoms with van der Waals surface area (Å²) in [7, 11) is 0. The first kappa shape index (κ1) is 14.0. The van der Waals surface area contributed by atoms with Gasteiger partial charge in [0.05, 0.1) is 5.70 Å². The van der Waals surface area contributed by atoms with Crippen molar-refractivity contribution >= 4 is 29.9 Å². The number of hydrogen-bond acceptors (Lipinski definition) is 3. The fraction of sp³-hybridized carbons (Fsp3) is 0.0625. The van der Waals surface area contributed by atoms with Crippen molar-refractivity contribution in [3.63, 3.8) is 0 Å². The van der Waals surface area contributed by atoms with E-state index in [2.05, 4.69) is 9.98 Å². The number of hydroxylamine groups is 2. The topological polar surface area (TPSA) is 85.5 Å². The van der Waals surface area contributed by atoms with Crippen LogP contribution in [0.5, 0.6) is 0 Å². The molecule has 6 heteroatoms. The summed E-state index contributed by atoms with van der Waals surface area (Å²) in [5.74, 6) is 0.154. The molecule has 22 heavy (non-hydrogen) atoms. The zero-order valence-electron chi connectivity index (χ0n) is 11.8. The molecule has 0 aliphatic carbocycles. The van der Waals surface area contributed by atoms with Gasteiger partial charge in [-0.15, -0.1) is 0 Å². The van der Waals surface area contributed by atoms with Crippen molar-refractivity contribution in [2.45, 2.75) is 6.92 Å². The number of allylic oxidation sites excluding steroid dienone is 2. The molecule has 6 nitrogen and oxygen atoms in total. The molecule has 1 amide bonds. The summed E-state index contributed by atoms with van der Waals surface area (Å²) in [4.78, 5) is 18.0. The van der Waals surface area contributed by atoms with Crippen LogP contribution in [0, 0.1) is 0 Å². The van der Waals surface area contributed by atoms with Crippen LogP contribution in [0.1, 0.15) is 12.5 Å². The van der Waals surface area contributed by atoms with E-state index in [1.165, 1.54) is 0 Å². The van der Waals surface area contributed by atoms with Crippen LogP contribution >= 0.6 is 0 Å².